The number of hydrogen-bond donors (Lipinski definition) is 0. The second-order valence-electron chi connectivity index (χ2n) is 0. The summed E-state index contributed by atoms with van der Waals surface area (Å²) >= 11 is 1.82. The van der Waals surface area contributed by atoms with Crippen LogP contribution in [0.3, 0.4) is 0 Å². The molecule has 0 bridgehead atoms. The van der Waals surface area contributed by atoms with Crippen molar-refractivity contribution in [3.63, 3.8) is 0 Å². The van der Waals surface area contributed by atoms with Crippen LogP contribution in [0, 0.1) is 0 Å². The summed E-state index contributed by atoms with van der Waals surface area (Å²) in [6, 6.07) is 0. The van der Waals surface area contributed by atoms with E-state index in [1.807, 2.05) is 17.3 Å². The van der Waals surface area contributed by atoms with Gasteiger partial charge in [-0.3, -0.25) is 0 Å². The molecule has 10 N–H and O–H groups in total. The molecule has 0 aliphatic carbocycles. The first-order valence-electron chi connectivity index (χ1n) is 0.134. The van der Waals surface area contributed by atoms with E-state index in [9.17, 15) is 0 Å². The second-order valence-corrected chi connectivity index (χ2v) is 0. The summed E-state index contributed by atoms with van der Waals surface area (Å²) in [5.41, 5.74) is 0. The number of nitrogens with two attached hydrogens (primary N) is 5. The molecule has 0 rings (SSSR count). The van der Waals surface area contributed by atoms with Crippen LogP contribution in [0.2, 0.25) is 0 Å². The van der Waals surface area contributed by atoms with Crippen molar-refractivity contribution in [3.05, 3.63) is 30.8 Å². The van der Waals surface area contributed by atoms with Crippen molar-refractivity contribution >= 4 is 22.1 Å². The van der Waals surface area contributed by atoms with Gasteiger partial charge in [-0.1, -0.05) is 0 Å². The minimum Gasteiger partial charge on any atom is -0.693 e. The Labute approximate surface area is 70.4 Å². The van der Waals surface area contributed by atoms with E-state index >= 15 is 0 Å². The summed E-state index contributed by atoms with van der Waals surface area (Å²) in [4.78, 5) is 0. The van der Waals surface area contributed by atoms with Gasteiger partial charge in [0.25, 0.3) is 0 Å². The molecule has 0 aliphatic heterocycles. The molecule has 0 heterocycles. The molecule has 8 heavy (non-hydrogen) atoms. The molecule has 0 amide bonds. The van der Waals surface area contributed by atoms with E-state index in [1.54, 1.807) is 0 Å². The Balaban J connectivity index is -0.000000000333. The molecule has 0 aromatic rings. The van der Waals surface area contributed by atoms with Crippen molar-refractivity contribution < 1.29 is 17.3 Å². The van der Waals surface area contributed by atoms with Crippen LogP contribution in [-0.2, 0) is 17.3 Å². The van der Waals surface area contributed by atoms with Crippen LogP contribution >= 0.6 is 22.1 Å². The first-order chi connectivity index (χ1) is 1.00. The quantitative estimate of drug-likeness (QED) is 0.546. The summed E-state index contributed by atoms with van der Waals surface area (Å²) in [7, 11) is 4.57. The normalized spacial score (nSPS) is 0.750. The molecule has 0 unspecified atom stereocenters. The molecular weight excluding hydrogens is 242 g/mol. The molecule has 0 saturated carbocycles. The zero-order valence-electron chi connectivity index (χ0n) is 4.03. The van der Waals surface area contributed by atoms with Crippen LogP contribution in [0.5, 0.6) is 0 Å². The van der Waals surface area contributed by atoms with Crippen molar-refractivity contribution in [2.75, 3.05) is 0 Å². The number of rotatable bonds is 0. The van der Waals surface area contributed by atoms with Gasteiger partial charge in [-0.2, -0.15) is 0 Å². The number of halogens is 2. The largest absolute Gasteiger partial charge is 0.693 e. The van der Waals surface area contributed by atoms with Crippen molar-refractivity contribution in [3.8, 4) is 0 Å². The fourth-order valence-electron chi connectivity index (χ4n) is 0. The number of hydrogen-bond acceptors (Lipinski definition) is 0. The Morgan fingerprint density at radius 1 is 0.625 bits per heavy atom. The molecule has 0 spiro atoms. The Morgan fingerprint density at radius 3 is 0.625 bits per heavy atom. The Kier molecular flexibility index (Phi) is 7000. The standard InChI is InChI=1S/2ClH.5H2N.Ru/h2*1H;5*1H2;/q;;5*-1;+1/p-1. The van der Waals surface area contributed by atoms with Crippen molar-refractivity contribution in [2.45, 2.75) is 0 Å². The van der Waals surface area contributed by atoms with E-state index in [1.165, 1.54) is 0 Å². The van der Waals surface area contributed by atoms with E-state index in [-0.39, 0.29) is 43.2 Å². The van der Waals surface area contributed by atoms with Crippen molar-refractivity contribution in [1.82, 2.24) is 0 Å². The Morgan fingerprint density at radius 2 is 0.625 bits per heavy atom. The van der Waals surface area contributed by atoms with Gasteiger partial charge < -0.3 is 30.8 Å². The van der Waals surface area contributed by atoms with Crippen LogP contribution in [0.25, 0.3) is 30.8 Å². The van der Waals surface area contributed by atoms with Gasteiger partial charge in [-0.15, -0.1) is 12.4 Å². The maximum Gasteiger partial charge on any atom is -0.693 e. The van der Waals surface area contributed by atoms with E-state index in [0.29, 0.717) is 0 Å². The average molecular weight is 253 g/mol. The Hall–Kier alpha value is 1.00. The van der Waals surface area contributed by atoms with Crippen molar-refractivity contribution in [1.29, 1.82) is 0 Å². The summed E-state index contributed by atoms with van der Waals surface area (Å²) in [6.07, 6.45) is 0. The first-order valence-corrected chi connectivity index (χ1v) is 2.37. The van der Waals surface area contributed by atoms with Crippen LogP contribution in [-0.4, -0.2) is 0 Å². The average Bonchev–Trinajstić information content (AvgIpc) is 1.00. The molecule has 0 atom stereocenters. The molecule has 5 nitrogen and oxygen atoms in total. The monoisotopic (exact) mass is 253 g/mol. The second kappa shape index (κ2) is 390. The maximum absolute atomic E-state index is 4.57. The van der Waals surface area contributed by atoms with Crippen LogP contribution < -0.4 is 0 Å². The minimum atomic E-state index is 0. The maximum atomic E-state index is 4.57. The molecule has 0 aliphatic rings. The van der Waals surface area contributed by atoms with Gasteiger partial charge in [-0.25, -0.2) is 0 Å². The van der Waals surface area contributed by atoms with Gasteiger partial charge in [0.05, 0.1) is 0 Å². The van der Waals surface area contributed by atoms with Gasteiger partial charge in [0.2, 0.25) is 0 Å². The third-order valence-electron chi connectivity index (χ3n) is 0. The zero-order valence-corrected chi connectivity index (χ0v) is 7.34. The summed E-state index contributed by atoms with van der Waals surface area (Å²) in [5, 5.41) is 0. The van der Waals surface area contributed by atoms with E-state index in [2.05, 4.69) is 9.69 Å². The molecule has 0 radical (unpaired) electrons. The third kappa shape index (κ3) is 251. The van der Waals surface area contributed by atoms with Crippen LogP contribution in [0.4, 0.5) is 0 Å². The van der Waals surface area contributed by atoms with Gasteiger partial charge in [-0.05, 0) is 0 Å². The zero-order chi connectivity index (χ0) is 2.00. The van der Waals surface area contributed by atoms with Crippen LogP contribution in [0.15, 0.2) is 0 Å². The van der Waals surface area contributed by atoms with Gasteiger partial charge in [0.1, 0.15) is 0 Å². The fourth-order valence-corrected chi connectivity index (χ4v) is 0. The minimum absolute atomic E-state index is 0. The summed E-state index contributed by atoms with van der Waals surface area (Å²) in [5.74, 6) is 0. The predicted octanol–water partition coefficient (Wildman–Crippen LogP) is 4.69. The van der Waals surface area contributed by atoms with Gasteiger partial charge in [0, 0.05) is 0 Å². The molecule has 0 saturated heterocycles. The molecular formula is H11Cl2N5Ru-5. The summed E-state index contributed by atoms with van der Waals surface area (Å²) < 4.78 is 0. The Bertz CT molecular complexity index is 10.4. The van der Waals surface area contributed by atoms with Gasteiger partial charge in [0.15, 0.2) is 0 Å². The predicted molar refractivity (Wildman–Crippen MR) is 39.5 cm³/mol. The molecule has 8 heteroatoms. The summed E-state index contributed by atoms with van der Waals surface area (Å²) in [6.45, 7) is 0. The van der Waals surface area contributed by atoms with Gasteiger partial charge >= 0.3 is 27.0 Å². The van der Waals surface area contributed by atoms with E-state index < -0.39 is 0 Å². The van der Waals surface area contributed by atoms with E-state index in [0.717, 1.165) is 0 Å². The van der Waals surface area contributed by atoms with E-state index in [4.69, 9.17) is 0 Å². The molecule has 63 valence electrons. The topological polar surface area (TPSA) is 168 Å². The molecule has 0 aromatic carbocycles. The SMILES string of the molecule is Cl.[Cl][Ru].[NH2-].[NH2-].[NH2-].[NH2-].[NH2-]. The van der Waals surface area contributed by atoms with Crippen molar-refractivity contribution in [2.24, 2.45) is 0 Å². The van der Waals surface area contributed by atoms with Crippen LogP contribution in [0.1, 0.15) is 0 Å². The molecule has 0 fully saturated rings. The molecule has 0 aromatic heterocycles. The third-order valence-corrected chi connectivity index (χ3v) is 0. The fraction of sp³-hybridized carbons (Fsp3) is 0. The first kappa shape index (κ1) is 144. The smallest absolute Gasteiger partial charge is 0.693 e.